The molecule has 0 saturated carbocycles. The van der Waals surface area contributed by atoms with E-state index in [1.165, 1.54) is 7.11 Å². The molecular formula is C19H25ClN2O3. The maximum atomic E-state index is 12.8. The molecule has 0 spiro atoms. The van der Waals surface area contributed by atoms with Crippen LogP contribution >= 0.6 is 11.6 Å². The lowest BCUT2D eigenvalue weighted by Gasteiger charge is -2.41. The predicted octanol–water partition coefficient (Wildman–Crippen LogP) is 2.73. The summed E-state index contributed by atoms with van der Waals surface area (Å²) >= 11 is 5.91. The SMILES string of the molecule is COC(=O)[C@H]1CCCN(C2CC(C(=O)c3ccc(Cl)cc3)CCN2)C1. The largest absolute Gasteiger partial charge is 0.469 e. The van der Waals surface area contributed by atoms with Crippen molar-refractivity contribution in [2.45, 2.75) is 31.8 Å². The van der Waals surface area contributed by atoms with Crippen LogP contribution in [0.5, 0.6) is 0 Å². The highest BCUT2D eigenvalue weighted by molar-refractivity contribution is 6.30. The van der Waals surface area contributed by atoms with Crippen molar-refractivity contribution < 1.29 is 14.3 Å². The first-order valence-corrected chi connectivity index (χ1v) is 9.31. The monoisotopic (exact) mass is 364 g/mol. The van der Waals surface area contributed by atoms with Crippen molar-refractivity contribution in [3.05, 3.63) is 34.9 Å². The van der Waals surface area contributed by atoms with Gasteiger partial charge in [0.05, 0.1) is 19.2 Å². The molecule has 0 bridgehead atoms. The molecule has 136 valence electrons. The number of piperidine rings is 2. The van der Waals surface area contributed by atoms with E-state index in [2.05, 4.69) is 10.2 Å². The minimum absolute atomic E-state index is 0.00549. The van der Waals surface area contributed by atoms with Crippen molar-refractivity contribution in [2.75, 3.05) is 26.7 Å². The Morgan fingerprint density at radius 1 is 1.20 bits per heavy atom. The number of nitrogens with zero attached hydrogens (tertiary/aromatic N) is 1. The molecule has 2 heterocycles. The van der Waals surface area contributed by atoms with Crippen LogP contribution in [0.3, 0.4) is 0 Å². The van der Waals surface area contributed by atoms with Gasteiger partial charge in [-0.15, -0.1) is 0 Å². The van der Waals surface area contributed by atoms with Crippen LogP contribution in [0, 0.1) is 11.8 Å². The summed E-state index contributed by atoms with van der Waals surface area (Å²) in [6.45, 7) is 2.47. The summed E-state index contributed by atoms with van der Waals surface area (Å²) in [5, 5.41) is 4.15. The van der Waals surface area contributed by atoms with Gasteiger partial charge in [-0.05, 0) is 63.0 Å². The van der Waals surface area contributed by atoms with E-state index in [9.17, 15) is 9.59 Å². The smallest absolute Gasteiger partial charge is 0.309 e. The van der Waals surface area contributed by atoms with Gasteiger partial charge in [0.2, 0.25) is 0 Å². The third-order valence-corrected chi connectivity index (χ3v) is 5.56. The number of ether oxygens (including phenoxy) is 1. The number of carbonyl (C=O) groups excluding carboxylic acids is 2. The molecule has 0 aromatic heterocycles. The van der Waals surface area contributed by atoms with Crippen molar-refractivity contribution >= 4 is 23.4 Å². The van der Waals surface area contributed by atoms with Crippen molar-refractivity contribution in [1.82, 2.24) is 10.2 Å². The van der Waals surface area contributed by atoms with Crippen molar-refractivity contribution in [1.29, 1.82) is 0 Å². The van der Waals surface area contributed by atoms with Crippen LogP contribution in [-0.4, -0.2) is 49.6 Å². The minimum Gasteiger partial charge on any atom is -0.469 e. The van der Waals surface area contributed by atoms with E-state index in [1.54, 1.807) is 24.3 Å². The zero-order valence-corrected chi connectivity index (χ0v) is 15.3. The van der Waals surface area contributed by atoms with E-state index in [0.717, 1.165) is 44.3 Å². The van der Waals surface area contributed by atoms with Gasteiger partial charge in [0, 0.05) is 23.0 Å². The van der Waals surface area contributed by atoms with Gasteiger partial charge in [0.15, 0.2) is 5.78 Å². The Bertz CT molecular complexity index is 620. The summed E-state index contributed by atoms with van der Waals surface area (Å²) in [7, 11) is 1.45. The summed E-state index contributed by atoms with van der Waals surface area (Å²) in [5.41, 5.74) is 0.723. The molecule has 1 N–H and O–H groups in total. The van der Waals surface area contributed by atoms with Crippen molar-refractivity contribution in [2.24, 2.45) is 11.8 Å². The molecule has 2 fully saturated rings. The minimum atomic E-state index is -0.130. The second kappa shape index (κ2) is 8.30. The first-order chi connectivity index (χ1) is 12.1. The highest BCUT2D eigenvalue weighted by atomic mass is 35.5. The molecule has 0 amide bonds. The molecule has 2 saturated heterocycles. The summed E-state index contributed by atoms with van der Waals surface area (Å²) in [6, 6.07) is 7.13. The fourth-order valence-corrected chi connectivity index (χ4v) is 4.04. The molecule has 0 aliphatic carbocycles. The molecule has 25 heavy (non-hydrogen) atoms. The quantitative estimate of drug-likeness (QED) is 0.657. The second-order valence-electron chi connectivity index (χ2n) is 6.92. The van der Waals surface area contributed by atoms with Gasteiger partial charge in [-0.1, -0.05) is 11.6 Å². The molecule has 5 nitrogen and oxygen atoms in total. The molecule has 2 aliphatic heterocycles. The number of hydrogen-bond acceptors (Lipinski definition) is 5. The number of ketones is 1. The zero-order valence-electron chi connectivity index (χ0n) is 14.5. The van der Waals surface area contributed by atoms with Gasteiger partial charge < -0.3 is 10.1 Å². The Morgan fingerprint density at radius 3 is 2.68 bits per heavy atom. The number of rotatable bonds is 4. The van der Waals surface area contributed by atoms with Crippen molar-refractivity contribution in [3.8, 4) is 0 Å². The second-order valence-corrected chi connectivity index (χ2v) is 7.36. The predicted molar refractivity (Wildman–Crippen MR) is 96.6 cm³/mol. The number of esters is 1. The Balaban J connectivity index is 1.63. The average molecular weight is 365 g/mol. The summed E-state index contributed by atoms with van der Waals surface area (Å²) in [5.74, 6) is -0.00202. The highest BCUT2D eigenvalue weighted by Crippen LogP contribution is 2.27. The van der Waals surface area contributed by atoms with E-state index in [-0.39, 0.29) is 29.8 Å². The van der Waals surface area contributed by atoms with E-state index < -0.39 is 0 Å². The summed E-state index contributed by atoms with van der Waals surface area (Å²) in [6.07, 6.45) is 3.61. The first kappa shape index (κ1) is 18.4. The Morgan fingerprint density at radius 2 is 1.96 bits per heavy atom. The molecule has 0 radical (unpaired) electrons. The molecular weight excluding hydrogens is 340 g/mol. The fourth-order valence-electron chi connectivity index (χ4n) is 3.91. The lowest BCUT2D eigenvalue weighted by Crippen LogP contribution is -2.54. The Hall–Kier alpha value is -1.43. The molecule has 6 heteroatoms. The van der Waals surface area contributed by atoms with Crippen LogP contribution < -0.4 is 5.32 Å². The number of Topliss-reactive ketones (excluding diaryl/α,β-unsaturated/α-hetero) is 1. The maximum Gasteiger partial charge on any atom is 0.309 e. The summed E-state index contributed by atoms with van der Waals surface area (Å²) in [4.78, 5) is 26.9. The third kappa shape index (κ3) is 4.40. The first-order valence-electron chi connectivity index (χ1n) is 8.93. The third-order valence-electron chi connectivity index (χ3n) is 5.31. The number of benzene rings is 1. The van der Waals surface area contributed by atoms with Crippen LogP contribution in [0.2, 0.25) is 5.02 Å². The van der Waals surface area contributed by atoms with E-state index in [4.69, 9.17) is 16.3 Å². The van der Waals surface area contributed by atoms with E-state index in [0.29, 0.717) is 11.6 Å². The number of methoxy groups -OCH3 is 1. The number of nitrogens with one attached hydrogen (secondary N) is 1. The average Bonchev–Trinajstić information content (AvgIpc) is 2.67. The van der Waals surface area contributed by atoms with E-state index in [1.807, 2.05) is 0 Å². The maximum absolute atomic E-state index is 12.8. The highest BCUT2D eigenvalue weighted by Gasteiger charge is 2.34. The zero-order chi connectivity index (χ0) is 17.8. The lowest BCUT2D eigenvalue weighted by molar-refractivity contribution is -0.147. The number of halogens is 1. The summed E-state index contributed by atoms with van der Waals surface area (Å²) < 4.78 is 4.90. The standard InChI is InChI=1S/C19H25ClN2O3/c1-25-19(24)15-3-2-10-22(12-15)17-11-14(8-9-21-17)18(23)13-4-6-16(20)7-5-13/h4-7,14-15,17,21H,2-3,8-12H2,1H3/t14?,15-,17?/m0/s1. The Labute approximate surface area is 153 Å². The lowest BCUT2D eigenvalue weighted by atomic mass is 9.87. The molecule has 3 rings (SSSR count). The van der Waals surface area contributed by atoms with Gasteiger partial charge in [0.25, 0.3) is 0 Å². The van der Waals surface area contributed by atoms with Gasteiger partial charge in [-0.25, -0.2) is 0 Å². The molecule has 1 aromatic rings. The van der Waals surface area contributed by atoms with Gasteiger partial charge in [-0.2, -0.15) is 0 Å². The molecule has 2 aliphatic rings. The molecule has 3 atom stereocenters. The number of carbonyl (C=O) groups is 2. The van der Waals surface area contributed by atoms with Gasteiger partial charge in [-0.3, -0.25) is 14.5 Å². The van der Waals surface area contributed by atoms with Crippen LogP contribution in [0.25, 0.3) is 0 Å². The number of likely N-dealkylation sites (tertiary alicyclic amines) is 1. The Kier molecular flexibility index (Phi) is 6.10. The number of hydrogen-bond donors (Lipinski definition) is 1. The topological polar surface area (TPSA) is 58.6 Å². The molecule has 2 unspecified atom stereocenters. The van der Waals surface area contributed by atoms with Crippen LogP contribution in [0.15, 0.2) is 24.3 Å². The fraction of sp³-hybridized carbons (Fsp3) is 0.579. The van der Waals surface area contributed by atoms with Gasteiger partial charge in [0.1, 0.15) is 0 Å². The van der Waals surface area contributed by atoms with Crippen LogP contribution in [0.4, 0.5) is 0 Å². The van der Waals surface area contributed by atoms with Gasteiger partial charge >= 0.3 is 5.97 Å². The van der Waals surface area contributed by atoms with E-state index >= 15 is 0 Å². The van der Waals surface area contributed by atoms with Crippen LogP contribution in [-0.2, 0) is 9.53 Å². The normalized spacial score (nSPS) is 27.7. The van der Waals surface area contributed by atoms with Crippen LogP contribution in [0.1, 0.15) is 36.0 Å². The van der Waals surface area contributed by atoms with Crippen molar-refractivity contribution in [3.63, 3.8) is 0 Å². The molecule has 1 aromatic carbocycles.